The summed E-state index contributed by atoms with van der Waals surface area (Å²) in [6.45, 7) is 3.93. The van der Waals surface area contributed by atoms with Crippen molar-refractivity contribution in [3.05, 3.63) is 20.4 Å². The average molecular weight is 248 g/mol. The first kappa shape index (κ1) is 10.2. The molecule has 13 heavy (non-hydrogen) atoms. The number of hydrogen-bond acceptors (Lipinski definition) is 3. The molecule has 0 radical (unpaired) electrons. The molecule has 0 unspecified atom stereocenters. The van der Waals surface area contributed by atoms with E-state index in [4.69, 9.17) is 0 Å². The number of imidazole rings is 1. The Morgan fingerprint density at radius 3 is 2.38 bits per heavy atom. The highest BCUT2D eigenvalue weighted by Gasteiger charge is 2.24. The molecule has 1 rings (SSSR count). The van der Waals surface area contributed by atoms with E-state index in [1.54, 1.807) is 7.05 Å². The van der Waals surface area contributed by atoms with Gasteiger partial charge >= 0.3 is 5.95 Å². The van der Waals surface area contributed by atoms with Gasteiger partial charge in [-0.2, -0.15) is 0 Å². The normalized spacial score (nSPS) is 10.8. The highest BCUT2D eigenvalue weighted by atomic mass is 79.9. The van der Waals surface area contributed by atoms with E-state index in [0.717, 1.165) is 5.69 Å². The van der Waals surface area contributed by atoms with Gasteiger partial charge in [0.15, 0.2) is 0 Å². The number of hydrogen-bond donors (Lipinski definition) is 0. The third kappa shape index (κ3) is 1.72. The molecule has 0 aliphatic heterocycles. The molecular formula is C7H10BrN3O2. The van der Waals surface area contributed by atoms with Gasteiger partial charge in [-0.15, -0.1) is 0 Å². The van der Waals surface area contributed by atoms with Gasteiger partial charge in [0.25, 0.3) is 0 Å². The van der Waals surface area contributed by atoms with Gasteiger partial charge in [-0.25, -0.2) is 4.57 Å². The Kier molecular flexibility index (Phi) is 2.70. The highest BCUT2D eigenvalue weighted by molar-refractivity contribution is 9.10. The lowest BCUT2D eigenvalue weighted by Crippen LogP contribution is -2.03. The second-order valence-corrected chi connectivity index (χ2v) is 3.81. The molecule has 5 nitrogen and oxygen atoms in total. The summed E-state index contributed by atoms with van der Waals surface area (Å²) >= 11 is 3.20. The molecule has 0 aliphatic carbocycles. The zero-order chi connectivity index (χ0) is 10.2. The maximum atomic E-state index is 10.5. The van der Waals surface area contributed by atoms with Gasteiger partial charge in [0.2, 0.25) is 4.60 Å². The predicted molar refractivity (Wildman–Crippen MR) is 51.7 cm³/mol. The van der Waals surface area contributed by atoms with Gasteiger partial charge in [0.05, 0.1) is 7.05 Å². The molecule has 0 bridgehead atoms. The van der Waals surface area contributed by atoms with Crippen molar-refractivity contribution in [2.24, 2.45) is 7.05 Å². The van der Waals surface area contributed by atoms with Crippen molar-refractivity contribution in [2.75, 3.05) is 0 Å². The van der Waals surface area contributed by atoms with Crippen LogP contribution < -0.4 is 0 Å². The lowest BCUT2D eigenvalue weighted by Gasteiger charge is -2.02. The van der Waals surface area contributed by atoms with E-state index in [0.29, 0.717) is 4.60 Å². The lowest BCUT2D eigenvalue weighted by atomic mass is 10.1. The summed E-state index contributed by atoms with van der Waals surface area (Å²) in [4.78, 5) is 13.8. The van der Waals surface area contributed by atoms with Gasteiger partial charge in [0.1, 0.15) is 5.69 Å². The fraction of sp³-hybridized carbons (Fsp3) is 0.571. The average Bonchev–Trinajstić information content (AvgIpc) is 2.26. The number of nitro groups is 1. The van der Waals surface area contributed by atoms with Gasteiger partial charge in [-0.3, -0.25) is 0 Å². The van der Waals surface area contributed by atoms with Crippen LogP contribution in [0.2, 0.25) is 0 Å². The summed E-state index contributed by atoms with van der Waals surface area (Å²) in [5.41, 5.74) is 0.840. The van der Waals surface area contributed by atoms with Crippen LogP contribution in [0.5, 0.6) is 0 Å². The fourth-order valence-electron chi connectivity index (χ4n) is 1.25. The topological polar surface area (TPSA) is 61.0 Å². The summed E-state index contributed by atoms with van der Waals surface area (Å²) in [5, 5.41) is 10.5. The summed E-state index contributed by atoms with van der Waals surface area (Å²) < 4.78 is 2.05. The zero-order valence-corrected chi connectivity index (χ0v) is 9.20. The van der Waals surface area contributed by atoms with Gasteiger partial charge in [-0.05, 0) is 20.9 Å². The van der Waals surface area contributed by atoms with E-state index in [-0.39, 0.29) is 11.9 Å². The summed E-state index contributed by atoms with van der Waals surface area (Å²) in [6, 6.07) is 0. The van der Waals surface area contributed by atoms with E-state index in [2.05, 4.69) is 20.9 Å². The molecule has 0 saturated heterocycles. The second kappa shape index (κ2) is 3.45. The van der Waals surface area contributed by atoms with Crippen molar-refractivity contribution in [3.63, 3.8) is 0 Å². The molecule has 1 aromatic heterocycles. The fourth-order valence-corrected chi connectivity index (χ4v) is 2.14. The quantitative estimate of drug-likeness (QED) is 0.595. The van der Waals surface area contributed by atoms with Crippen LogP contribution in [-0.2, 0) is 7.05 Å². The minimum atomic E-state index is -0.489. The molecule has 0 spiro atoms. The molecule has 1 aromatic rings. The van der Waals surface area contributed by atoms with Crippen LogP contribution in [0.4, 0.5) is 5.95 Å². The van der Waals surface area contributed by atoms with Crippen LogP contribution >= 0.6 is 15.9 Å². The van der Waals surface area contributed by atoms with E-state index in [9.17, 15) is 10.1 Å². The lowest BCUT2D eigenvalue weighted by molar-refractivity contribution is -0.396. The first-order chi connectivity index (χ1) is 5.95. The molecule has 0 saturated carbocycles. The first-order valence-corrected chi connectivity index (χ1v) is 4.61. The number of aromatic nitrogens is 2. The third-order valence-electron chi connectivity index (χ3n) is 1.78. The van der Waals surface area contributed by atoms with Gasteiger partial charge in [-0.1, -0.05) is 18.8 Å². The van der Waals surface area contributed by atoms with Crippen molar-refractivity contribution < 1.29 is 4.92 Å². The molecule has 6 heteroatoms. The Balaban J connectivity index is 3.30. The number of halogens is 1. The highest BCUT2D eigenvalue weighted by Crippen LogP contribution is 2.27. The van der Waals surface area contributed by atoms with E-state index < -0.39 is 4.92 Å². The molecule has 0 fully saturated rings. The van der Waals surface area contributed by atoms with Crippen molar-refractivity contribution in [2.45, 2.75) is 19.8 Å². The molecule has 0 N–H and O–H groups in total. The van der Waals surface area contributed by atoms with Crippen molar-refractivity contribution >= 4 is 21.9 Å². The second-order valence-electron chi connectivity index (χ2n) is 3.06. The van der Waals surface area contributed by atoms with Gasteiger partial charge in [0, 0.05) is 5.92 Å². The van der Waals surface area contributed by atoms with Crippen molar-refractivity contribution in [1.82, 2.24) is 9.55 Å². The van der Waals surface area contributed by atoms with Crippen LogP contribution in [0.25, 0.3) is 0 Å². The molecule has 0 amide bonds. The Morgan fingerprint density at radius 2 is 2.15 bits per heavy atom. The molecule has 72 valence electrons. The summed E-state index contributed by atoms with van der Waals surface area (Å²) in [6.07, 6.45) is 0. The number of nitrogens with zero attached hydrogens (tertiary/aromatic N) is 3. The van der Waals surface area contributed by atoms with Crippen LogP contribution in [0, 0.1) is 10.1 Å². The SMILES string of the molecule is CC(C)c1c(Br)nc([N+](=O)[O-])n1C. The molecule has 0 aromatic carbocycles. The first-order valence-electron chi connectivity index (χ1n) is 3.81. The predicted octanol–water partition coefficient (Wildman–Crippen LogP) is 2.21. The molecule has 1 heterocycles. The maximum Gasteiger partial charge on any atom is 0.435 e. The summed E-state index contributed by atoms with van der Waals surface area (Å²) in [7, 11) is 1.64. The third-order valence-corrected chi connectivity index (χ3v) is 2.36. The maximum absolute atomic E-state index is 10.5. The van der Waals surface area contributed by atoms with Crippen LogP contribution in [0.1, 0.15) is 25.5 Å². The minimum Gasteiger partial charge on any atom is -0.390 e. The van der Waals surface area contributed by atoms with Crippen LogP contribution in [-0.4, -0.2) is 14.5 Å². The van der Waals surface area contributed by atoms with Gasteiger partial charge < -0.3 is 10.1 Å². The zero-order valence-electron chi connectivity index (χ0n) is 7.61. The molecule has 0 atom stereocenters. The Bertz CT molecular complexity index is 346. The molecular weight excluding hydrogens is 238 g/mol. The van der Waals surface area contributed by atoms with E-state index >= 15 is 0 Å². The Hall–Kier alpha value is -0.910. The van der Waals surface area contributed by atoms with Crippen LogP contribution in [0.3, 0.4) is 0 Å². The standard InChI is InChI=1S/C7H10BrN3O2/c1-4(2)5-6(8)9-7(10(5)3)11(12)13/h4H,1-3H3. The van der Waals surface area contributed by atoms with E-state index in [1.165, 1.54) is 4.57 Å². The molecule has 0 aliphatic rings. The smallest absolute Gasteiger partial charge is 0.390 e. The van der Waals surface area contributed by atoms with E-state index in [1.807, 2.05) is 13.8 Å². The Morgan fingerprint density at radius 1 is 1.62 bits per heavy atom. The van der Waals surface area contributed by atoms with Crippen molar-refractivity contribution in [3.8, 4) is 0 Å². The monoisotopic (exact) mass is 247 g/mol. The largest absolute Gasteiger partial charge is 0.435 e. The Labute approximate surface area is 84.1 Å². The van der Waals surface area contributed by atoms with Crippen LogP contribution in [0.15, 0.2) is 4.60 Å². The number of rotatable bonds is 2. The summed E-state index contributed by atoms with van der Waals surface area (Å²) in [5.74, 6) is 0.0798. The van der Waals surface area contributed by atoms with Crippen molar-refractivity contribution in [1.29, 1.82) is 0 Å². The minimum absolute atomic E-state index is 0.129.